The number of hydrogen-bond acceptors (Lipinski definition) is 11. The summed E-state index contributed by atoms with van der Waals surface area (Å²) in [5.74, 6) is 4.24. The average molecular weight is 452 g/mol. The second kappa shape index (κ2) is 35.4. The van der Waals surface area contributed by atoms with Crippen molar-refractivity contribution in [3.63, 3.8) is 0 Å². The van der Waals surface area contributed by atoms with E-state index in [-0.39, 0.29) is 12.2 Å². The molecule has 0 radical (unpaired) electrons. The summed E-state index contributed by atoms with van der Waals surface area (Å²) in [5.41, 5.74) is 4.50. The van der Waals surface area contributed by atoms with Crippen LogP contribution in [0, 0.1) is 0 Å². The van der Waals surface area contributed by atoms with Crippen LogP contribution in [0.2, 0.25) is 0 Å². The smallest absolute Gasteiger partial charge is 0.406 e. The van der Waals surface area contributed by atoms with E-state index in [0.29, 0.717) is 19.0 Å². The predicted molar refractivity (Wildman–Crippen MR) is 113 cm³/mol. The van der Waals surface area contributed by atoms with Crippen LogP contribution < -0.4 is 16.4 Å². The Morgan fingerprint density at radius 3 is 1.77 bits per heavy atom. The molecule has 1 aliphatic heterocycles. The monoisotopic (exact) mass is 451 g/mol. The summed E-state index contributed by atoms with van der Waals surface area (Å²) in [7, 11) is 7.90. The Bertz CT molecular complexity index is 330. The van der Waals surface area contributed by atoms with Crippen molar-refractivity contribution in [3.8, 4) is 0 Å². The summed E-state index contributed by atoms with van der Waals surface area (Å²) in [5, 5.41) is 4.67. The molecular formula is C13H29N3O6S4. The number of alkyl carbamates (subject to hydrolysis) is 2. The second-order valence-electron chi connectivity index (χ2n) is 3.18. The SMILES string of the molecule is C1CS1.CN.CNC(=O)OCCS.CNC(=O)OCCSSC.O=C=O. The number of carbonyl (C=O) groups excluding carboxylic acids is 4. The molecule has 0 aromatic rings. The fraction of sp³-hybridized carbons (Fsp3) is 0.769. The molecule has 0 spiro atoms. The van der Waals surface area contributed by atoms with Gasteiger partial charge < -0.3 is 25.8 Å². The first kappa shape index (κ1) is 32.9. The van der Waals surface area contributed by atoms with E-state index in [1.54, 1.807) is 28.6 Å². The first-order valence-electron chi connectivity index (χ1n) is 7.14. The number of hydrogen-bond donors (Lipinski definition) is 4. The maximum atomic E-state index is 10.4. The number of thiol groups is 1. The van der Waals surface area contributed by atoms with Crippen LogP contribution in [0.4, 0.5) is 9.59 Å². The van der Waals surface area contributed by atoms with Gasteiger partial charge in [0.2, 0.25) is 0 Å². The molecule has 156 valence electrons. The fourth-order valence-electron chi connectivity index (χ4n) is 0.534. The van der Waals surface area contributed by atoms with Gasteiger partial charge in [-0.15, -0.1) is 0 Å². The minimum absolute atomic E-state index is 0.250. The van der Waals surface area contributed by atoms with Crippen LogP contribution in [0.1, 0.15) is 0 Å². The maximum absolute atomic E-state index is 10.4. The van der Waals surface area contributed by atoms with Gasteiger partial charge in [-0.1, -0.05) is 21.6 Å². The quantitative estimate of drug-likeness (QED) is 0.203. The van der Waals surface area contributed by atoms with Crippen molar-refractivity contribution < 1.29 is 28.7 Å². The Labute approximate surface area is 172 Å². The normalized spacial score (nSPS) is 9.31. The van der Waals surface area contributed by atoms with E-state index in [4.69, 9.17) is 14.3 Å². The fourth-order valence-corrected chi connectivity index (χ4v) is 1.65. The second-order valence-corrected chi connectivity index (χ2v) is 7.54. The van der Waals surface area contributed by atoms with Crippen molar-refractivity contribution in [3.05, 3.63) is 0 Å². The first-order valence-corrected chi connectivity index (χ1v) is 11.7. The van der Waals surface area contributed by atoms with Gasteiger partial charge >= 0.3 is 18.3 Å². The van der Waals surface area contributed by atoms with Crippen molar-refractivity contribution in [1.82, 2.24) is 10.6 Å². The number of rotatable bonds is 6. The molecule has 4 N–H and O–H groups in total. The molecule has 0 aromatic heterocycles. The van der Waals surface area contributed by atoms with Gasteiger partial charge in [0.15, 0.2) is 0 Å². The van der Waals surface area contributed by atoms with Crippen LogP contribution in [-0.4, -0.2) is 82.0 Å². The minimum Gasteiger partial charge on any atom is -0.449 e. The Balaban J connectivity index is -0.000000133. The lowest BCUT2D eigenvalue weighted by Crippen LogP contribution is -2.20. The molecule has 1 fully saturated rings. The van der Waals surface area contributed by atoms with E-state index in [1.807, 2.05) is 18.0 Å². The standard InChI is InChI=1S/C5H11NO2S2.C4H9NO2S.C2H4S.CH5N.CO2/c1-6-5(7)8-3-4-10-9-2;1-5-4(6)7-2-3-8;1-2-3-1;1-2;2-1-3/h3-4H2,1-2H3,(H,6,7);8H,2-3H2,1H3,(H,5,6);1-2H2;2H2,1H3;. The molecule has 2 amide bonds. The molecule has 9 nitrogen and oxygen atoms in total. The number of amides is 2. The number of thioether (sulfide) groups is 1. The molecule has 1 rings (SSSR count). The number of ether oxygens (including phenoxy) is 2. The van der Waals surface area contributed by atoms with Gasteiger partial charge in [-0.25, -0.2) is 9.59 Å². The van der Waals surface area contributed by atoms with Crippen molar-refractivity contribution in [1.29, 1.82) is 0 Å². The van der Waals surface area contributed by atoms with Crippen LogP contribution in [0.3, 0.4) is 0 Å². The topological polar surface area (TPSA) is 137 Å². The Hall–Kier alpha value is -0.720. The van der Waals surface area contributed by atoms with Gasteiger partial charge in [0, 0.05) is 37.1 Å². The largest absolute Gasteiger partial charge is 0.449 e. The molecule has 0 aromatic carbocycles. The van der Waals surface area contributed by atoms with Crippen LogP contribution >= 0.6 is 46.0 Å². The maximum Gasteiger partial charge on any atom is 0.406 e. The predicted octanol–water partition coefficient (Wildman–Crippen LogP) is 1.35. The lowest BCUT2D eigenvalue weighted by molar-refractivity contribution is -0.191. The summed E-state index contributed by atoms with van der Waals surface area (Å²) in [6.07, 6.45) is 1.48. The number of nitrogens with one attached hydrogen (secondary N) is 2. The van der Waals surface area contributed by atoms with Crippen LogP contribution in [0.25, 0.3) is 0 Å². The highest BCUT2D eigenvalue weighted by molar-refractivity contribution is 8.76. The Morgan fingerprint density at radius 1 is 1.12 bits per heavy atom. The lowest BCUT2D eigenvalue weighted by Gasteiger charge is -2.00. The molecule has 0 saturated carbocycles. The van der Waals surface area contributed by atoms with Gasteiger partial charge in [-0.3, -0.25) is 0 Å². The van der Waals surface area contributed by atoms with Crippen molar-refractivity contribution >= 4 is 64.3 Å². The highest BCUT2D eigenvalue weighted by Crippen LogP contribution is 2.15. The minimum atomic E-state index is -0.404. The van der Waals surface area contributed by atoms with Gasteiger partial charge in [-0.05, 0) is 13.3 Å². The van der Waals surface area contributed by atoms with Gasteiger partial charge in [0.25, 0.3) is 0 Å². The molecular weight excluding hydrogens is 422 g/mol. The van der Waals surface area contributed by atoms with E-state index < -0.39 is 6.09 Å². The zero-order valence-electron chi connectivity index (χ0n) is 15.4. The lowest BCUT2D eigenvalue weighted by atomic mass is 10.8. The van der Waals surface area contributed by atoms with E-state index in [1.165, 1.54) is 25.6 Å². The van der Waals surface area contributed by atoms with Gasteiger partial charge in [-0.2, -0.15) is 34.0 Å². The molecule has 0 bridgehead atoms. The molecule has 0 aliphatic carbocycles. The molecule has 1 heterocycles. The first-order chi connectivity index (χ1) is 12.5. The third-order valence-corrected chi connectivity index (χ3v) is 3.82. The summed E-state index contributed by atoms with van der Waals surface area (Å²) < 4.78 is 9.22. The van der Waals surface area contributed by atoms with E-state index in [2.05, 4.69) is 33.7 Å². The molecule has 0 unspecified atom stereocenters. The zero-order valence-corrected chi connectivity index (χ0v) is 18.8. The number of carbonyl (C=O) groups is 2. The van der Waals surface area contributed by atoms with Crippen LogP contribution in [-0.2, 0) is 19.1 Å². The zero-order chi connectivity index (χ0) is 21.1. The Morgan fingerprint density at radius 2 is 1.50 bits per heavy atom. The highest BCUT2D eigenvalue weighted by atomic mass is 33.1. The summed E-state index contributed by atoms with van der Waals surface area (Å²) >= 11 is 5.83. The van der Waals surface area contributed by atoms with E-state index in [0.717, 1.165) is 5.75 Å². The van der Waals surface area contributed by atoms with Crippen LogP contribution in [0.15, 0.2) is 0 Å². The molecule has 1 saturated heterocycles. The summed E-state index contributed by atoms with van der Waals surface area (Å²) in [6, 6.07) is 0. The third-order valence-electron chi connectivity index (χ3n) is 1.45. The molecule has 26 heavy (non-hydrogen) atoms. The van der Waals surface area contributed by atoms with Gasteiger partial charge in [0.1, 0.15) is 13.2 Å². The summed E-state index contributed by atoms with van der Waals surface area (Å²) in [4.78, 5) is 36.9. The van der Waals surface area contributed by atoms with Crippen molar-refractivity contribution in [2.75, 3.05) is 63.6 Å². The molecule has 1 aliphatic rings. The molecule has 13 heteroatoms. The van der Waals surface area contributed by atoms with Crippen LogP contribution in [0.5, 0.6) is 0 Å². The molecule has 0 atom stereocenters. The third kappa shape index (κ3) is 56.7. The Kier molecular flexibility index (Phi) is 44.8. The average Bonchev–Trinajstić information content (AvgIpc) is 3.55. The van der Waals surface area contributed by atoms with Crippen molar-refractivity contribution in [2.24, 2.45) is 5.73 Å². The highest BCUT2D eigenvalue weighted by Gasteiger charge is 1.95. The van der Waals surface area contributed by atoms with Crippen molar-refractivity contribution in [2.45, 2.75) is 0 Å². The summed E-state index contributed by atoms with van der Waals surface area (Å²) in [6.45, 7) is 0.841. The van der Waals surface area contributed by atoms with E-state index >= 15 is 0 Å². The van der Waals surface area contributed by atoms with Gasteiger partial charge in [0.05, 0.1) is 0 Å². The van der Waals surface area contributed by atoms with E-state index in [9.17, 15) is 9.59 Å². The number of nitrogens with two attached hydrogens (primary N) is 1.